The predicted octanol–water partition coefficient (Wildman–Crippen LogP) is 2.00. The summed E-state index contributed by atoms with van der Waals surface area (Å²) in [5.74, 6) is 0.202. The second-order valence-electron chi connectivity index (χ2n) is 6.42. The normalized spacial score (nSPS) is 22.9. The van der Waals surface area contributed by atoms with Gasteiger partial charge in [0.15, 0.2) is 5.78 Å². The highest BCUT2D eigenvalue weighted by atomic mass is 16.5. The van der Waals surface area contributed by atoms with Gasteiger partial charge in [0.1, 0.15) is 5.75 Å². The van der Waals surface area contributed by atoms with Crippen LogP contribution in [0.25, 0.3) is 0 Å². The van der Waals surface area contributed by atoms with E-state index in [0.29, 0.717) is 12.2 Å². The first-order chi connectivity index (χ1) is 10.9. The molecule has 0 saturated carbocycles. The molecule has 1 unspecified atom stereocenters. The molecule has 0 N–H and O–H groups in total. The van der Waals surface area contributed by atoms with Gasteiger partial charge in [-0.25, -0.2) is 0 Å². The van der Waals surface area contributed by atoms with Crippen molar-refractivity contribution >= 4 is 17.6 Å². The van der Waals surface area contributed by atoms with Gasteiger partial charge in [-0.15, -0.1) is 0 Å². The summed E-state index contributed by atoms with van der Waals surface area (Å²) in [6.07, 6.45) is 0.692. The van der Waals surface area contributed by atoms with Crippen LogP contribution in [0.3, 0.4) is 0 Å². The maximum atomic E-state index is 12.5. The Morgan fingerprint density at radius 1 is 1.26 bits per heavy atom. The molecule has 2 aliphatic rings. The number of carbonyl (C=O) groups is 3. The molecule has 0 aromatic heterocycles. The summed E-state index contributed by atoms with van der Waals surface area (Å²) in [6, 6.07) is 7.68. The van der Waals surface area contributed by atoms with Crippen LogP contribution in [0.15, 0.2) is 36.4 Å². The maximum Gasteiger partial charge on any atom is 0.229 e. The van der Waals surface area contributed by atoms with Gasteiger partial charge >= 0.3 is 0 Å². The number of rotatable bonds is 5. The fourth-order valence-electron chi connectivity index (χ4n) is 3.11. The van der Waals surface area contributed by atoms with E-state index in [0.717, 1.165) is 16.2 Å². The van der Waals surface area contributed by atoms with Gasteiger partial charge in [0.05, 0.1) is 13.2 Å². The minimum absolute atomic E-state index is 0.00488. The summed E-state index contributed by atoms with van der Waals surface area (Å²) in [5, 5.41) is 0. The van der Waals surface area contributed by atoms with E-state index in [2.05, 4.69) is 6.58 Å². The van der Waals surface area contributed by atoms with Crippen molar-refractivity contribution in [3.8, 4) is 5.75 Å². The molecule has 1 atom stereocenters. The van der Waals surface area contributed by atoms with Crippen molar-refractivity contribution in [2.24, 2.45) is 0 Å². The van der Waals surface area contributed by atoms with E-state index in [1.165, 1.54) is 0 Å². The molecule has 1 aromatic carbocycles. The van der Waals surface area contributed by atoms with E-state index in [-0.39, 0.29) is 43.4 Å². The first-order valence-corrected chi connectivity index (χ1v) is 7.67. The minimum Gasteiger partial charge on any atom is -0.492 e. The summed E-state index contributed by atoms with van der Waals surface area (Å²) >= 11 is 0. The fraction of sp³-hybridized carbons (Fsp3) is 0.389. The predicted molar refractivity (Wildman–Crippen MR) is 84.0 cm³/mol. The van der Waals surface area contributed by atoms with E-state index >= 15 is 0 Å². The summed E-state index contributed by atoms with van der Waals surface area (Å²) in [7, 11) is 0. The average Bonchev–Trinajstić information content (AvgIpc) is 3.02. The van der Waals surface area contributed by atoms with E-state index in [1.54, 1.807) is 0 Å². The molecular weight excluding hydrogens is 294 g/mol. The Hall–Kier alpha value is -2.43. The van der Waals surface area contributed by atoms with Crippen LogP contribution in [0.4, 0.5) is 0 Å². The number of ether oxygens (including phenoxy) is 1. The number of hydrogen-bond donors (Lipinski definition) is 0. The van der Waals surface area contributed by atoms with Crippen molar-refractivity contribution in [1.82, 2.24) is 4.90 Å². The number of amides is 2. The second kappa shape index (κ2) is 5.65. The van der Waals surface area contributed by atoms with Crippen LogP contribution in [-0.2, 0) is 19.8 Å². The number of carbonyl (C=O) groups excluding carboxylic acids is 3. The van der Waals surface area contributed by atoms with Crippen LogP contribution in [0.2, 0.25) is 0 Å². The Morgan fingerprint density at radius 3 is 2.61 bits per heavy atom. The average molecular weight is 313 g/mol. The highest BCUT2D eigenvalue weighted by Gasteiger charge is 2.39. The summed E-state index contributed by atoms with van der Waals surface area (Å²) < 4.78 is 5.66. The molecule has 0 bridgehead atoms. The Kier molecular flexibility index (Phi) is 3.80. The van der Waals surface area contributed by atoms with E-state index in [4.69, 9.17) is 4.74 Å². The number of Topliss-reactive ketones (excluding diaryl/α,β-unsaturated/α-hetero) is 1. The molecule has 2 aliphatic heterocycles. The summed E-state index contributed by atoms with van der Waals surface area (Å²) in [4.78, 5) is 36.9. The zero-order chi connectivity index (χ0) is 16.6. The Balaban J connectivity index is 1.69. The second-order valence-corrected chi connectivity index (χ2v) is 6.42. The molecule has 0 aliphatic carbocycles. The summed E-state index contributed by atoms with van der Waals surface area (Å²) in [5.41, 5.74) is 0.893. The number of para-hydroxylation sites is 1. The van der Waals surface area contributed by atoms with E-state index < -0.39 is 5.41 Å². The van der Waals surface area contributed by atoms with Crippen LogP contribution in [0.5, 0.6) is 5.75 Å². The molecule has 5 heteroatoms. The van der Waals surface area contributed by atoms with Crippen LogP contribution in [0.1, 0.15) is 31.7 Å². The third-order valence-electron chi connectivity index (χ3n) is 4.53. The van der Waals surface area contributed by atoms with E-state index in [9.17, 15) is 14.4 Å². The zero-order valence-corrected chi connectivity index (χ0v) is 13.1. The maximum absolute atomic E-state index is 12.5. The van der Waals surface area contributed by atoms with Gasteiger partial charge in [-0.3, -0.25) is 19.3 Å². The van der Waals surface area contributed by atoms with Crippen LogP contribution >= 0.6 is 0 Å². The van der Waals surface area contributed by atoms with Gasteiger partial charge in [-0.2, -0.15) is 0 Å². The SMILES string of the molecule is C=C(CN1C(=O)CCC1=O)C(=O)CC1(C)COc2ccccc21. The van der Waals surface area contributed by atoms with Crippen molar-refractivity contribution < 1.29 is 19.1 Å². The molecule has 1 aromatic rings. The third-order valence-corrected chi connectivity index (χ3v) is 4.53. The molecule has 1 fully saturated rings. The smallest absolute Gasteiger partial charge is 0.229 e. The molecule has 3 rings (SSSR count). The standard InChI is InChI=1S/C18H19NO4/c1-12(10-19-16(21)7-8-17(19)22)14(20)9-18(2)11-23-15-6-4-3-5-13(15)18/h3-6H,1,7-11H2,2H3. The monoisotopic (exact) mass is 313 g/mol. The number of imide groups is 1. The van der Waals surface area contributed by atoms with Crippen LogP contribution < -0.4 is 4.74 Å². The number of fused-ring (bicyclic) bond motifs is 1. The molecule has 2 amide bonds. The number of likely N-dealkylation sites (tertiary alicyclic amines) is 1. The number of ketones is 1. The molecule has 0 radical (unpaired) electrons. The van der Waals surface area contributed by atoms with Gasteiger partial charge in [-0.05, 0) is 6.07 Å². The van der Waals surface area contributed by atoms with Crippen LogP contribution in [0, 0.1) is 0 Å². The quantitative estimate of drug-likeness (QED) is 0.616. The lowest BCUT2D eigenvalue weighted by Crippen LogP contribution is -2.34. The Bertz CT molecular complexity index is 693. The molecular formula is C18H19NO4. The third kappa shape index (κ3) is 2.79. The zero-order valence-electron chi connectivity index (χ0n) is 13.1. The van der Waals surface area contributed by atoms with Crippen LogP contribution in [-0.4, -0.2) is 35.6 Å². The van der Waals surface area contributed by atoms with Gasteiger partial charge in [0.2, 0.25) is 11.8 Å². The molecule has 120 valence electrons. The number of benzene rings is 1. The Labute approximate surface area is 134 Å². The van der Waals surface area contributed by atoms with Crippen molar-refractivity contribution in [1.29, 1.82) is 0 Å². The highest BCUT2D eigenvalue weighted by molar-refractivity contribution is 6.04. The topological polar surface area (TPSA) is 63.7 Å². The van der Waals surface area contributed by atoms with Gasteiger partial charge in [-0.1, -0.05) is 31.7 Å². The van der Waals surface area contributed by atoms with Crippen molar-refractivity contribution in [2.75, 3.05) is 13.2 Å². The van der Waals surface area contributed by atoms with Gasteiger partial charge in [0, 0.05) is 35.8 Å². The minimum atomic E-state index is -0.407. The molecule has 2 heterocycles. The highest BCUT2D eigenvalue weighted by Crippen LogP contribution is 2.41. The number of hydrogen-bond acceptors (Lipinski definition) is 4. The molecule has 0 spiro atoms. The Morgan fingerprint density at radius 2 is 1.91 bits per heavy atom. The molecule has 5 nitrogen and oxygen atoms in total. The fourth-order valence-corrected chi connectivity index (χ4v) is 3.11. The van der Waals surface area contributed by atoms with Crippen molar-refractivity contribution in [3.05, 3.63) is 42.0 Å². The van der Waals surface area contributed by atoms with Crippen molar-refractivity contribution in [3.63, 3.8) is 0 Å². The van der Waals surface area contributed by atoms with Crippen molar-refractivity contribution in [2.45, 2.75) is 31.6 Å². The first kappa shape index (κ1) is 15.5. The lowest BCUT2D eigenvalue weighted by atomic mass is 9.79. The largest absolute Gasteiger partial charge is 0.492 e. The lowest BCUT2D eigenvalue weighted by molar-refractivity contribution is -0.137. The van der Waals surface area contributed by atoms with Gasteiger partial charge < -0.3 is 4.74 Å². The number of nitrogens with zero attached hydrogens (tertiary/aromatic N) is 1. The molecule has 23 heavy (non-hydrogen) atoms. The van der Waals surface area contributed by atoms with E-state index in [1.807, 2.05) is 31.2 Å². The summed E-state index contributed by atoms with van der Waals surface area (Å²) in [6.45, 7) is 6.19. The lowest BCUT2D eigenvalue weighted by Gasteiger charge is -2.23. The molecule has 1 saturated heterocycles. The van der Waals surface area contributed by atoms with Gasteiger partial charge in [0.25, 0.3) is 0 Å². The first-order valence-electron chi connectivity index (χ1n) is 7.67.